The molecule has 0 spiro atoms. The van der Waals surface area contributed by atoms with Gasteiger partial charge >= 0.3 is 0 Å². The third-order valence-electron chi connectivity index (χ3n) is 2.60. The van der Waals surface area contributed by atoms with Crippen LogP contribution in [0.4, 0.5) is 4.39 Å². The number of imidazole rings is 1. The average molecular weight is 218 g/mol. The van der Waals surface area contributed by atoms with Crippen molar-refractivity contribution in [2.75, 3.05) is 0 Å². The maximum Gasteiger partial charge on any atom is 0.123 e. The summed E-state index contributed by atoms with van der Waals surface area (Å²) in [6, 6.07) is 6.58. The fourth-order valence-corrected chi connectivity index (χ4v) is 1.73. The Hall–Kier alpha value is -1.64. The van der Waals surface area contributed by atoms with Crippen molar-refractivity contribution < 1.29 is 4.39 Å². The molecule has 0 N–H and O–H groups in total. The highest BCUT2D eigenvalue weighted by Gasteiger charge is 2.06. The molecular formula is C13H15FN2. The third kappa shape index (κ3) is 2.30. The summed E-state index contributed by atoms with van der Waals surface area (Å²) in [6.07, 6.45) is 3.70. The molecule has 0 unspecified atom stereocenters. The Kier molecular flexibility index (Phi) is 3.04. The summed E-state index contributed by atoms with van der Waals surface area (Å²) in [5.41, 5.74) is 2.28. The van der Waals surface area contributed by atoms with Gasteiger partial charge in [0.25, 0.3) is 0 Å². The van der Waals surface area contributed by atoms with Gasteiger partial charge in [0.1, 0.15) is 5.82 Å². The Balaban J connectivity index is 2.20. The second-order valence-electron chi connectivity index (χ2n) is 4.23. The van der Waals surface area contributed by atoms with Gasteiger partial charge in [0.15, 0.2) is 0 Å². The summed E-state index contributed by atoms with van der Waals surface area (Å²) >= 11 is 0. The smallest absolute Gasteiger partial charge is 0.123 e. The summed E-state index contributed by atoms with van der Waals surface area (Å²) in [7, 11) is 0. The molecule has 2 rings (SSSR count). The number of rotatable bonds is 3. The van der Waals surface area contributed by atoms with Gasteiger partial charge in [0.2, 0.25) is 0 Å². The molecule has 0 aliphatic rings. The fourth-order valence-electron chi connectivity index (χ4n) is 1.73. The molecule has 0 aliphatic carbocycles. The van der Waals surface area contributed by atoms with Crippen molar-refractivity contribution in [2.45, 2.75) is 26.3 Å². The standard InChI is InChI=1S/C13H15FN2/c1-10(2)13-7-15-9-16(13)8-11-3-5-12(14)6-4-11/h3-7,9-10H,8H2,1-2H3. The van der Waals surface area contributed by atoms with Crippen molar-refractivity contribution in [1.29, 1.82) is 0 Å². The van der Waals surface area contributed by atoms with E-state index in [9.17, 15) is 4.39 Å². The van der Waals surface area contributed by atoms with Crippen LogP contribution in [0.5, 0.6) is 0 Å². The van der Waals surface area contributed by atoms with Gasteiger partial charge in [-0.1, -0.05) is 26.0 Å². The van der Waals surface area contributed by atoms with Crippen molar-refractivity contribution in [1.82, 2.24) is 9.55 Å². The number of benzene rings is 1. The third-order valence-corrected chi connectivity index (χ3v) is 2.60. The number of halogens is 1. The zero-order valence-corrected chi connectivity index (χ0v) is 9.52. The van der Waals surface area contributed by atoms with Crippen molar-refractivity contribution in [3.63, 3.8) is 0 Å². The minimum Gasteiger partial charge on any atom is -0.330 e. The Morgan fingerprint density at radius 1 is 1.25 bits per heavy atom. The van der Waals surface area contributed by atoms with Crippen LogP contribution in [0.2, 0.25) is 0 Å². The summed E-state index contributed by atoms with van der Waals surface area (Å²) in [5, 5.41) is 0. The van der Waals surface area contributed by atoms with Crippen molar-refractivity contribution in [2.24, 2.45) is 0 Å². The Morgan fingerprint density at radius 2 is 1.94 bits per heavy atom. The van der Waals surface area contributed by atoms with E-state index in [2.05, 4.69) is 23.4 Å². The molecule has 0 saturated carbocycles. The van der Waals surface area contributed by atoms with Gasteiger partial charge in [-0.15, -0.1) is 0 Å². The Morgan fingerprint density at radius 3 is 2.56 bits per heavy atom. The lowest BCUT2D eigenvalue weighted by molar-refractivity contribution is 0.625. The van der Waals surface area contributed by atoms with Crippen LogP contribution in [0.15, 0.2) is 36.8 Å². The summed E-state index contributed by atoms with van der Waals surface area (Å²) < 4.78 is 14.8. The topological polar surface area (TPSA) is 17.8 Å². The van der Waals surface area contributed by atoms with E-state index in [1.165, 1.54) is 17.8 Å². The first-order chi connectivity index (χ1) is 7.66. The van der Waals surface area contributed by atoms with Crippen molar-refractivity contribution >= 4 is 0 Å². The molecule has 1 heterocycles. The molecule has 0 radical (unpaired) electrons. The second kappa shape index (κ2) is 4.47. The SMILES string of the molecule is CC(C)c1cncn1Cc1ccc(F)cc1. The number of hydrogen-bond acceptors (Lipinski definition) is 1. The molecule has 0 bridgehead atoms. The van der Waals surface area contributed by atoms with E-state index in [1.807, 2.05) is 12.5 Å². The highest BCUT2D eigenvalue weighted by Crippen LogP contribution is 2.15. The Labute approximate surface area is 94.8 Å². The highest BCUT2D eigenvalue weighted by molar-refractivity contribution is 5.17. The van der Waals surface area contributed by atoms with Gasteiger partial charge in [-0.2, -0.15) is 0 Å². The number of hydrogen-bond donors (Lipinski definition) is 0. The van der Waals surface area contributed by atoms with Crippen LogP contribution in [0.25, 0.3) is 0 Å². The summed E-state index contributed by atoms with van der Waals surface area (Å²) in [4.78, 5) is 4.15. The predicted molar refractivity (Wildman–Crippen MR) is 61.8 cm³/mol. The van der Waals surface area contributed by atoms with Gasteiger partial charge in [0, 0.05) is 18.4 Å². The van der Waals surface area contributed by atoms with Gasteiger partial charge in [0.05, 0.1) is 6.33 Å². The quantitative estimate of drug-likeness (QED) is 0.773. The summed E-state index contributed by atoms with van der Waals surface area (Å²) in [6.45, 7) is 5.02. The lowest BCUT2D eigenvalue weighted by Crippen LogP contribution is -2.04. The molecule has 0 aliphatic heterocycles. The van der Waals surface area contributed by atoms with Crippen LogP contribution >= 0.6 is 0 Å². The zero-order valence-electron chi connectivity index (χ0n) is 9.52. The van der Waals surface area contributed by atoms with Crippen LogP contribution in [0.3, 0.4) is 0 Å². The van der Waals surface area contributed by atoms with E-state index in [-0.39, 0.29) is 5.82 Å². The number of aromatic nitrogens is 2. The van der Waals surface area contributed by atoms with Crippen LogP contribution in [-0.4, -0.2) is 9.55 Å². The largest absolute Gasteiger partial charge is 0.330 e. The monoisotopic (exact) mass is 218 g/mol. The van der Waals surface area contributed by atoms with Gasteiger partial charge in [-0.3, -0.25) is 0 Å². The van der Waals surface area contributed by atoms with Gasteiger partial charge in [-0.05, 0) is 23.6 Å². The molecule has 0 fully saturated rings. The van der Waals surface area contributed by atoms with E-state index in [0.29, 0.717) is 5.92 Å². The van der Waals surface area contributed by atoms with E-state index in [0.717, 1.165) is 12.1 Å². The van der Waals surface area contributed by atoms with Gasteiger partial charge < -0.3 is 4.57 Å². The van der Waals surface area contributed by atoms with E-state index >= 15 is 0 Å². The maximum atomic E-state index is 12.8. The van der Waals surface area contributed by atoms with Crippen LogP contribution < -0.4 is 0 Å². The molecule has 0 atom stereocenters. The molecule has 3 heteroatoms. The molecule has 1 aromatic heterocycles. The first-order valence-corrected chi connectivity index (χ1v) is 5.41. The van der Waals surface area contributed by atoms with E-state index in [1.54, 1.807) is 12.1 Å². The molecule has 16 heavy (non-hydrogen) atoms. The minimum absolute atomic E-state index is 0.196. The molecule has 2 aromatic rings. The van der Waals surface area contributed by atoms with E-state index in [4.69, 9.17) is 0 Å². The average Bonchev–Trinajstić information content (AvgIpc) is 2.69. The molecular weight excluding hydrogens is 203 g/mol. The first-order valence-electron chi connectivity index (χ1n) is 5.41. The predicted octanol–water partition coefficient (Wildman–Crippen LogP) is 3.19. The minimum atomic E-state index is -0.196. The fraction of sp³-hybridized carbons (Fsp3) is 0.308. The molecule has 1 aromatic carbocycles. The van der Waals surface area contributed by atoms with Crippen LogP contribution in [0, 0.1) is 5.82 Å². The molecule has 2 nitrogen and oxygen atoms in total. The normalized spacial score (nSPS) is 11.0. The Bertz CT molecular complexity index is 457. The first kappa shape index (κ1) is 10.9. The van der Waals surface area contributed by atoms with Crippen LogP contribution in [-0.2, 0) is 6.54 Å². The van der Waals surface area contributed by atoms with Crippen LogP contribution in [0.1, 0.15) is 31.0 Å². The molecule has 84 valence electrons. The van der Waals surface area contributed by atoms with Crippen molar-refractivity contribution in [3.05, 3.63) is 53.9 Å². The molecule has 0 amide bonds. The summed E-state index contributed by atoms with van der Waals surface area (Å²) in [5.74, 6) is 0.251. The molecule has 0 saturated heterocycles. The lowest BCUT2D eigenvalue weighted by Gasteiger charge is -2.10. The van der Waals surface area contributed by atoms with Crippen molar-refractivity contribution in [3.8, 4) is 0 Å². The van der Waals surface area contributed by atoms with Gasteiger partial charge in [-0.25, -0.2) is 9.37 Å². The lowest BCUT2D eigenvalue weighted by atomic mass is 10.1. The number of nitrogens with zero attached hydrogens (tertiary/aromatic N) is 2. The highest BCUT2D eigenvalue weighted by atomic mass is 19.1. The second-order valence-corrected chi connectivity index (χ2v) is 4.23. The van der Waals surface area contributed by atoms with E-state index < -0.39 is 0 Å². The zero-order chi connectivity index (χ0) is 11.5. The maximum absolute atomic E-state index is 12.8.